The number of carbonyl (C=O) groups excluding carboxylic acids is 1. The second kappa shape index (κ2) is 6.84. The smallest absolute Gasteiger partial charge is 0.336 e. The Labute approximate surface area is 153 Å². The van der Waals surface area contributed by atoms with Crippen molar-refractivity contribution in [3.63, 3.8) is 0 Å². The maximum atomic E-state index is 12.9. The topological polar surface area (TPSA) is 82.8 Å². The molecule has 0 aliphatic heterocycles. The van der Waals surface area contributed by atoms with E-state index in [1.165, 1.54) is 24.7 Å². The van der Waals surface area contributed by atoms with E-state index in [1.54, 1.807) is 36.4 Å². The van der Waals surface area contributed by atoms with Gasteiger partial charge in [-0.2, -0.15) is 0 Å². The summed E-state index contributed by atoms with van der Waals surface area (Å²) < 4.78 is 21.6. The Hall–Kier alpha value is -3.80. The van der Waals surface area contributed by atoms with Crippen LogP contribution in [0.4, 0.5) is 0 Å². The Morgan fingerprint density at radius 2 is 1.89 bits per heavy atom. The number of ether oxygens (including phenoxy) is 1. The summed E-state index contributed by atoms with van der Waals surface area (Å²) in [5.74, 6) is -0.136. The fourth-order valence-electron chi connectivity index (χ4n) is 2.63. The Balaban J connectivity index is 1.80. The fourth-order valence-corrected chi connectivity index (χ4v) is 2.63. The van der Waals surface area contributed by atoms with E-state index in [-0.39, 0.29) is 17.3 Å². The zero-order valence-corrected chi connectivity index (χ0v) is 14.3. The molecule has 27 heavy (non-hydrogen) atoms. The van der Waals surface area contributed by atoms with Crippen LogP contribution in [0.1, 0.15) is 11.3 Å². The largest absolute Gasteiger partial charge is 0.465 e. The van der Waals surface area contributed by atoms with Crippen molar-refractivity contribution in [3.8, 4) is 17.3 Å². The molecule has 3 aromatic heterocycles. The van der Waals surface area contributed by atoms with Crippen LogP contribution >= 0.6 is 0 Å². The number of aryl methyl sites for hydroxylation is 1. The summed E-state index contributed by atoms with van der Waals surface area (Å²) in [7, 11) is 0. The normalized spacial score (nSPS) is 11.3. The molecule has 6 nitrogen and oxygen atoms in total. The second-order valence-corrected chi connectivity index (χ2v) is 5.84. The molecule has 0 radical (unpaired) electrons. The summed E-state index contributed by atoms with van der Waals surface area (Å²) in [6.45, 7) is 1.86. The molecule has 0 unspecified atom stereocenters. The Bertz CT molecular complexity index is 1180. The first-order chi connectivity index (χ1) is 13.1. The Kier molecular flexibility index (Phi) is 4.22. The van der Waals surface area contributed by atoms with Gasteiger partial charge in [0.25, 0.3) is 0 Å². The molecule has 0 atom stereocenters. The molecule has 0 spiro atoms. The zero-order chi connectivity index (χ0) is 18.8. The van der Waals surface area contributed by atoms with Gasteiger partial charge in [-0.15, -0.1) is 0 Å². The molecule has 0 N–H and O–H groups in total. The lowest BCUT2D eigenvalue weighted by atomic mass is 10.1. The molecule has 0 aliphatic carbocycles. The Morgan fingerprint density at radius 3 is 2.63 bits per heavy atom. The average molecular weight is 362 g/mol. The van der Waals surface area contributed by atoms with E-state index in [9.17, 15) is 9.59 Å². The van der Waals surface area contributed by atoms with E-state index in [2.05, 4.69) is 0 Å². The van der Waals surface area contributed by atoms with Crippen molar-refractivity contribution >= 4 is 23.0 Å². The van der Waals surface area contributed by atoms with Crippen molar-refractivity contribution < 1.29 is 22.8 Å². The highest BCUT2D eigenvalue weighted by molar-refractivity contribution is 5.90. The number of fused-ring (bicyclic) bond motifs is 1. The van der Waals surface area contributed by atoms with Gasteiger partial charge in [0.15, 0.2) is 5.76 Å². The molecule has 0 aliphatic rings. The molecule has 0 fully saturated rings. The highest BCUT2D eigenvalue weighted by Crippen LogP contribution is 2.31. The number of rotatable bonds is 4. The van der Waals surface area contributed by atoms with Crippen molar-refractivity contribution in [3.05, 3.63) is 82.6 Å². The summed E-state index contributed by atoms with van der Waals surface area (Å²) in [4.78, 5) is 25.2. The molecule has 134 valence electrons. The summed E-state index contributed by atoms with van der Waals surface area (Å²) in [5, 5.41) is 0.322. The third-order valence-corrected chi connectivity index (χ3v) is 3.88. The molecule has 6 heteroatoms. The molecule has 0 saturated carbocycles. The van der Waals surface area contributed by atoms with Gasteiger partial charge in [0, 0.05) is 6.08 Å². The molecule has 4 rings (SSSR count). The van der Waals surface area contributed by atoms with Gasteiger partial charge in [-0.3, -0.25) is 4.79 Å². The minimum Gasteiger partial charge on any atom is -0.465 e. The van der Waals surface area contributed by atoms with Crippen LogP contribution in [0, 0.1) is 6.92 Å². The predicted octanol–water partition coefficient (Wildman–Crippen LogP) is 4.57. The summed E-state index contributed by atoms with van der Waals surface area (Å²) in [6, 6.07) is 11.9. The van der Waals surface area contributed by atoms with Crippen LogP contribution in [0.2, 0.25) is 0 Å². The molecule has 0 amide bonds. The number of benzene rings is 1. The summed E-state index contributed by atoms with van der Waals surface area (Å²) >= 11 is 0. The maximum Gasteiger partial charge on any atom is 0.336 e. The first-order valence-corrected chi connectivity index (χ1v) is 8.16. The van der Waals surface area contributed by atoms with Crippen molar-refractivity contribution in [2.75, 3.05) is 0 Å². The van der Waals surface area contributed by atoms with Crippen molar-refractivity contribution in [2.24, 2.45) is 0 Å². The van der Waals surface area contributed by atoms with Gasteiger partial charge in [-0.05, 0) is 49.4 Å². The van der Waals surface area contributed by atoms with Gasteiger partial charge in [-0.1, -0.05) is 11.6 Å². The lowest BCUT2D eigenvalue weighted by Crippen LogP contribution is -2.14. The highest BCUT2D eigenvalue weighted by Gasteiger charge is 2.21. The minimum absolute atomic E-state index is 0.0566. The number of hydrogen-bond acceptors (Lipinski definition) is 6. The molecule has 3 heterocycles. The molecule has 0 bridgehead atoms. The van der Waals surface area contributed by atoms with E-state index in [0.717, 1.165) is 5.56 Å². The Morgan fingerprint density at radius 1 is 1.07 bits per heavy atom. The third-order valence-electron chi connectivity index (χ3n) is 3.88. The number of carbonyl (C=O) groups is 1. The summed E-state index contributed by atoms with van der Waals surface area (Å²) in [5.41, 5.74) is 0.810. The molecular weight excluding hydrogens is 348 g/mol. The standard InChI is InChI=1S/C21H14O6/c1-13-6-8-16-15(12-13)19(23)21(20(26-16)17-5-3-11-25-17)27-18(22)9-7-14-4-2-10-24-14/h2-12H,1H3/b9-7+. The van der Waals surface area contributed by atoms with Crippen molar-refractivity contribution in [1.82, 2.24) is 0 Å². The number of hydrogen-bond donors (Lipinski definition) is 0. The predicted molar refractivity (Wildman–Crippen MR) is 98.3 cm³/mol. The van der Waals surface area contributed by atoms with Gasteiger partial charge >= 0.3 is 5.97 Å². The van der Waals surface area contributed by atoms with Crippen LogP contribution in [-0.2, 0) is 4.79 Å². The molecule has 4 aromatic rings. The van der Waals surface area contributed by atoms with Gasteiger partial charge in [0.1, 0.15) is 11.3 Å². The monoisotopic (exact) mass is 362 g/mol. The van der Waals surface area contributed by atoms with Crippen LogP contribution in [0.25, 0.3) is 28.6 Å². The van der Waals surface area contributed by atoms with Gasteiger partial charge < -0.3 is 18.0 Å². The van der Waals surface area contributed by atoms with E-state index in [1.807, 2.05) is 13.0 Å². The third kappa shape index (κ3) is 3.32. The molecule has 1 aromatic carbocycles. The summed E-state index contributed by atoms with van der Waals surface area (Å²) in [6.07, 6.45) is 5.55. The van der Waals surface area contributed by atoms with Gasteiger partial charge in [-0.25, -0.2) is 4.79 Å². The second-order valence-electron chi connectivity index (χ2n) is 5.84. The zero-order valence-electron chi connectivity index (χ0n) is 14.3. The van der Waals surface area contributed by atoms with Crippen LogP contribution in [0.15, 0.2) is 79.1 Å². The number of esters is 1. The lowest BCUT2D eigenvalue weighted by molar-refractivity contribution is -0.129. The van der Waals surface area contributed by atoms with Crippen molar-refractivity contribution in [1.29, 1.82) is 0 Å². The molecule has 0 saturated heterocycles. The fraction of sp³-hybridized carbons (Fsp3) is 0.0476. The lowest BCUT2D eigenvalue weighted by Gasteiger charge is -2.08. The minimum atomic E-state index is -0.737. The van der Waals surface area contributed by atoms with Crippen LogP contribution < -0.4 is 10.2 Å². The van der Waals surface area contributed by atoms with Crippen LogP contribution in [0.5, 0.6) is 5.75 Å². The van der Waals surface area contributed by atoms with Crippen molar-refractivity contribution in [2.45, 2.75) is 6.92 Å². The first-order valence-electron chi connectivity index (χ1n) is 8.16. The van der Waals surface area contributed by atoms with Gasteiger partial charge in [0.2, 0.25) is 16.9 Å². The quantitative estimate of drug-likeness (QED) is 0.390. The van der Waals surface area contributed by atoms with E-state index >= 15 is 0 Å². The highest BCUT2D eigenvalue weighted by atomic mass is 16.5. The number of furan rings is 2. The van der Waals surface area contributed by atoms with E-state index in [0.29, 0.717) is 16.7 Å². The van der Waals surface area contributed by atoms with Gasteiger partial charge in [0.05, 0.1) is 17.9 Å². The van der Waals surface area contributed by atoms with E-state index < -0.39 is 11.4 Å². The average Bonchev–Trinajstić information content (AvgIpc) is 3.36. The first kappa shape index (κ1) is 16.7. The maximum absolute atomic E-state index is 12.9. The SMILES string of the molecule is Cc1ccc2oc(-c3ccco3)c(OC(=O)/C=C/c3ccco3)c(=O)c2c1. The van der Waals surface area contributed by atoms with E-state index in [4.69, 9.17) is 18.0 Å². The van der Waals surface area contributed by atoms with Crippen LogP contribution in [0.3, 0.4) is 0 Å². The van der Waals surface area contributed by atoms with Crippen LogP contribution in [-0.4, -0.2) is 5.97 Å². The molecular formula is C21H14O6.